The van der Waals surface area contributed by atoms with Crippen LogP contribution in [0.2, 0.25) is 5.02 Å². The van der Waals surface area contributed by atoms with E-state index in [1.54, 1.807) is 18.3 Å². The molecule has 6 heteroatoms. The van der Waals surface area contributed by atoms with E-state index in [2.05, 4.69) is 15.6 Å². The summed E-state index contributed by atoms with van der Waals surface area (Å²) in [5.41, 5.74) is 1.34. The Morgan fingerprint density at radius 3 is 2.55 bits per heavy atom. The van der Waals surface area contributed by atoms with Gasteiger partial charge in [0.15, 0.2) is 0 Å². The summed E-state index contributed by atoms with van der Waals surface area (Å²) in [5, 5.41) is 5.85. The molecular weight excluding hydrogens is 305 g/mol. The predicted molar refractivity (Wildman–Crippen MR) is 87.0 cm³/mol. The Bertz CT molecular complexity index is 698. The van der Waals surface area contributed by atoms with Gasteiger partial charge in [-0.25, -0.2) is 4.39 Å². The lowest BCUT2D eigenvalue weighted by Crippen LogP contribution is -2.26. The first-order chi connectivity index (χ1) is 10.2. The van der Waals surface area contributed by atoms with Crippen LogP contribution in [0, 0.1) is 5.82 Å². The number of hydrogen-bond acceptors (Lipinski definition) is 3. The minimum atomic E-state index is -0.533. The maximum Gasteiger partial charge on any atom is 0.274 e. The molecule has 2 N–H and O–H groups in total. The first kappa shape index (κ1) is 16.2. The fourth-order valence-electron chi connectivity index (χ4n) is 1.83. The Morgan fingerprint density at radius 2 is 1.91 bits per heavy atom. The van der Waals surface area contributed by atoms with Gasteiger partial charge in [-0.15, -0.1) is 0 Å². The van der Waals surface area contributed by atoms with Crippen LogP contribution in [-0.2, 0) is 0 Å². The molecule has 4 nitrogen and oxygen atoms in total. The highest BCUT2D eigenvalue weighted by Gasteiger charge is 2.13. The highest BCUT2D eigenvalue weighted by Crippen LogP contribution is 2.20. The molecule has 1 heterocycles. The highest BCUT2D eigenvalue weighted by molar-refractivity contribution is 6.31. The zero-order valence-electron chi connectivity index (χ0n) is 12.6. The van der Waals surface area contributed by atoms with E-state index in [1.807, 2.05) is 20.8 Å². The van der Waals surface area contributed by atoms with Gasteiger partial charge in [0.2, 0.25) is 0 Å². The zero-order chi connectivity index (χ0) is 16.3. The van der Waals surface area contributed by atoms with Crippen LogP contribution in [0.4, 0.5) is 15.8 Å². The van der Waals surface area contributed by atoms with Gasteiger partial charge in [0.1, 0.15) is 11.5 Å². The van der Waals surface area contributed by atoms with Gasteiger partial charge in [-0.1, -0.05) is 11.6 Å². The van der Waals surface area contributed by atoms with Crippen molar-refractivity contribution < 1.29 is 9.18 Å². The average Bonchev–Trinajstić information content (AvgIpc) is 2.41. The van der Waals surface area contributed by atoms with E-state index in [0.717, 1.165) is 5.69 Å². The quantitative estimate of drug-likeness (QED) is 0.884. The van der Waals surface area contributed by atoms with Crippen LogP contribution in [0.15, 0.2) is 36.5 Å². The number of halogens is 2. The molecule has 0 unspecified atom stereocenters. The van der Waals surface area contributed by atoms with Gasteiger partial charge in [0.25, 0.3) is 5.91 Å². The van der Waals surface area contributed by atoms with Crippen molar-refractivity contribution >= 4 is 28.9 Å². The molecule has 116 valence electrons. The summed E-state index contributed by atoms with van der Waals surface area (Å²) >= 11 is 5.69. The average molecular weight is 322 g/mol. The van der Waals surface area contributed by atoms with Crippen molar-refractivity contribution in [2.24, 2.45) is 0 Å². The standard InChI is InChI=1S/C16H17ClFN3O/c1-16(2,3)21-11-6-7-19-14(9-11)15(22)20-10-4-5-13(18)12(17)8-10/h4-9H,1-3H3,(H,19,21)(H,20,22). The molecule has 0 radical (unpaired) electrons. The summed E-state index contributed by atoms with van der Waals surface area (Å²) in [6.45, 7) is 6.06. The van der Waals surface area contributed by atoms with E-state index in [4.69, 9.17) is 11.6 Å². The molecule has 0 bridgehead atoms. The molecule has 0 atom stereocenters. The molecule has 0 fully saturated rings. The van der Waals surface area contributed by atoms with Crippen molar-refractivity contribution in [3.63, 3.8) is 0 Å². The molecule has 1 amide bonds. The molecular formula is C16H17ClFN3O. The van der Waals surface area contributed by atoms with Crippen LogP contribution >= 0.6 is 11.6 Å². The third-order valence-corrected chi connectivity index (χ3v) is 2.98. The van der Waals surface area contributed by atoms with Gasteiger partial charge in [0, 0.05) is 23.1 Å². The summed E-state index contributed by atoms with van der Waals surface area (Å²) in [5.74, 6) is -0.922. The lowest BCUT2D eigenvalue weighted by Gasteiger charge is -2.22. The largest absolute Gasteiger partial charge is 0.380 e. The number of carbonyl (C=O) groups is 1. The number of aromatic nitrogens is 1. The Morgan fingerprint density at radius 1 is 1.18 bits per heavy atom. The zero-order valence-corrected chi connectivity index (χ0v) is 13.3. The van der Waals surface area contributed by atoms with Crippen LogP contribution in [0.3, 0.4) is 0 Å². The molecule has 0 aliphatic carbocycles. The second-order valence-corrected chi connectivity index (χ2v) is 6.29. The molecule has 2 aromatic rings. The van der Waals surface area contributed by atoms with Crippen molar-refractivity contribution in [2.45, 2.75) is 26.3 Å². The molecule has 0 aliphatic rings. The van der Waals surface area contributed by atoms with Crippen LogP contribution in [-0.4, -0.2) is 16.4 Å². The molecule has 0 saturated heterocycles. The number of carbonyl (C=O) groups excluding carboxylic acids is 1. The first-order valence-electron chi connectivity index (χ1n) is 6.75. The number of anilines is 2. The van der Waals surface area contributed by atoms with Gasteiger partial charge >= 0.3 is 0 Å². The maximum absolute atomic E-state index is 13.1. The van der Waals surface area contributed by atoms with Crippen LogP contribution in [0.25, 0.3) is 0 Å². The monoisotopic (exact) mass is 321 g/mol. The minimum absolute atomic E-state index is 0.0473. The van der Waals surface area contributed by atoms with Gasteiger partial charge in [-0.2, -0.15) is 0 Å². The predicted octanol–water partition coefficient (Wildman–Crippen LogP) is 4.34. The molecule has 1 aromatic carbocycles. The summed E-state index contributed by atoms with van der Waals surface area (Å²) in [6.07, 6.45) is 1.56. The Kier molecular flexibility index (Phi) is 4.66. The van der Waals surface area contributed by atoms with Crippen LogP contribution in [0.5, 0.6) is 0 Å². The van der Waals surface area contributed by atoms with Crippen LogP contribution < -0.4 is 10.6 Å². The van der Waals surface area contributed by atoms with Gasteiger partial charge in [-0.3, -0.25) is 9.78 Å². The van der Waals surface area contributed by atoms with Crippen molar-refractivity contribution in [1.29, 1.82) is 0 Å². The van der Waals surface area contributed by atoms with Crippen LogP contribution in [0.1, 0.15) is 31.3 Å². The molecule has 22 heavy (non-hydrogen) atoms. The highest BCUT2D eigenvalue weighted by atomic mass is 35.5. The third-order valence-electron chi connectivity index (χ3n) is 2.69. The topological polar surface area (TPSA) is 54.0 Å². The van der Waals surface area contributed by atoms with E-state index >= 15 is 0 Å². The maximum atomic E-state index is 13.1. The molecule has 0 saturated carbocycles. The fourth-order valence-corrected chi connectivity index (χ4v) is 2.02. The van der Waals surface area contributed by atoms with Gasteiger partial charge in [-0.05, 0) is 51.1 Å². The number of nitrogens with one attached hydrogen (secondary N) is 2. The molecule has 1 aromatic heterocycles. The number of nitrogens with zero attached hydrogens (tertiary/aromatic N) is 1. The van der Waals surface area contributed by atoms with Gasteiger partial charge in [0.05, 0.1) is 5.02 Å². The van der Waals surface area contributed by atoms with E-state index in [-0.39, 0.29) is 22.2 Å². The van der Waals surface area contributed by atoms with E-state index in [1.165, 1.54) is 18.2 Å². The van der Waals surface area contributed by atoms with Crippen molar-refractivity contribution in [3.8, 4) is 0 Å². The summed E-state index contributed by atoms with van der Waals surface area (Å²) in [4.78, 5) is 16.2. The first-order valence-corrected chi connectivity index (χ1v) is 7.13. The summed E-state index contributed by atoms with van der Waals surface area (Å²) in [7, 11) is 0. The van der Waals surface area contributed by atoms with Gasteiger partial charge < -0.3 is 10.6 Å². The van der Waals surface area contributed by atoms with Crippen molar-refractivity contribution in [3.05, 3.63) is 53.1 Å². The fraction of sp³-hybridized carbons (Fsp3) is 0.250. The number of pyridine rings is 1. The van der Waals surface area contributed by atoms with Crippen molar-refractivity contribution in [2.75, 3.05) is 10.6 Å². The lowest BCUT2D eigenvalue weighted by atomic mass is 10.1. The number of hydrogen-bond donors (Lipinski definition) is 2. The molecule has 0 spiro atoms. The number of rotatable bonds is 3. The molecule has 2 rings (SSSR count). The second-order valence-electron chi connectivity index (χ2n) is 5.89. The van der Waals surface area contributed by atoms with E-state index in [9.17, 15) is 9.18 Å². The normalized spacial score (nSPS) is 11.1. The van der Waals surface area contributed by atoms with Crippen molar-refractivity contribution in [1.82, 2.24) is 4.98 Å². The van der Waals surface area contributed by atoms with E-state index < -0.39 is 5.82 Å². The summed E-state index contributed by atoms with van der Waals surface area (Å²) < 4.78 is 13.1. The lowest BCUT2D eigenvalue weighted by molar-refractivity contribution is 0.102. The minimum Gasteiger partial charge on any atom is -0.380 e. The van der Waals surface area contributed by atoms with E-state index in [0.29, 0.717) is 5.69 Å². The molecule has 0 aliphatic heterocycles. The Labute approximate surface area is 133 Å². The smallest absolute Gasteiger partial charge is 0.274 e. The number of amides is 1. The third kappa shape index (κ3) is 4.43. The second kappa shape index (κ2) is 6.32. The number of benzene rings is 1. The SMILES string of the molecule is CC(C)(C)Nc1ccnc(C(=O)Nc2ccc(F)c(Cl)c2)c1. The Hall–Kier alpha value is -2.14. The summed E-state index contributed by atoms with van der Waals surface area (Å²) in [6, 6.07) is 7.44. The Balaban J connectivity index is 2.15.